The van der Waals surface area contributed by atoms with Crippen molar-refractivity contribution in [3.8, 4) is 22.5 Å². The van der Waals surface area contributed by atoms with Gasteiger partial charge in [0.2, 0.25) is 5.91 Å². The summed E-state index contributed by atoms with van der Waals surface area (Å²) >= 11 is 0. The lowest BCUT2D eigenvalue weighted by atomic mass is 10.1. The van der Waals surface area contributed by atoms with Crippen molar-refractivity contribution < 1.29 is 9.18 Å². The Hall–Kier alpha value is -4.59. The zero-order valence-electron chi connectivity index (χ0n) is 17.4. The molecule has 1 N–H and O–H groups in total. The van der Waals surface area contributed by atoms with Crippen molar-refractivity contribution in [1.29, 1.82) is 0 Å². The van der Waals surface area contributed by atoms with Crippen molar-refractivity contribution >= 4 is 17.2 Å². The Balaban J connectivity index is 1.36. The lowest BCUT2D eigenvalue weighted by Crippen LogP contribution is -2.27. The molecular formula is C25H18FN5O2. The molecule has 0 aliphatic heterocycles. The zero-order valence-corrected chi connectivity index (χ0v) is 17.4. The van der Waals surface area contributed by atoms with E-state index in [4.69, 9.17) is 0 Å². The van der Waals surface area contributed by atoms with Crippen molar-refractivity contribution in [2.75, 3.05) is 5.32 Å². The summed E-state index contributed by atoms with van der Waals surface area (Å²) in [6.07, 6.45) is 5.11. The first-order valence-corrected chi connectivity index (χ1v) is 10.2. The minimum absolute atomic E-state index is 0.199. The Morgan fingerprint density at radius 2 is 1.76 bits per heavy atom. The average Bonchev–Trinajstić information content (AvgIpc) is 3.25. The van der Waals surface area contributed by atoms with E-state index >= 15 is 0 Å². The van der Waals surface area contributed by atoms with Crippen LogP contribution >= 0.6 is 0 Å². The van der Waals surface area contributed by atoms with Crippen molar-refractivity contribution in [2.24, 2.45) is 0 Å². The smallest absolute Gasteiger partial charge is 0.254 e. The van der Waals surface area contributed by atoms with Gasteiger partial charge in [0.05, 0.1) is 23.4 Å². The molecular weight excluding hydrogens is 421 g/mol. The first-order valence-electron chi connectivity index (χ1n) is 10.2. The van der Waals surface area contributed by atoms with Gasteiger partial charge in [0.1, 0.15) is 18.0 Å². The normalized spacial score (nSPS) is 10.9. The molecule has 0 spiro atoms. The number of anilines is 1. The number of benzene rings is 2. The largest absolute Gasteiger partial charge is 0.324 e. The molecule has 0 unspecified atom stereocenters. The number of carbonyl (C=O) groups is 1. The molecule has 0 aliphatic carbocycles. The summed E-state index contributed by atoms with van der Waals surface area (Å²) in [6.45, 7) is -0.199. The molecule has 0 atom stereocenters. The molecule has 0 radical (unpaired) electrons. The molecule has 5 aromatic rings. The predicted octanol–water partition coefficient (Wildman–Crippen LogP) is 4.00. The fraction of sp³-hybridized carbons (Fsp3) is 0.0400. The Labute approximate surface area is 187 Å². The first-order chi connectivity index (χ1) is 16.1. The molecule has 0 bridgehead atoms. The number of amides is 1. The number of rotatable bonds is 5. The predicted molar refractivity (Wildman–Crippen MR) is 123 cm³/mol. The third-order valence-corrected chi connectivity index (χ3v) is 5.17. The molecule has 8 heteroatoms. The summed E-state index contributed by atoms with van der Waals surface area (Å²) in [5, 5.41) is 2.86. The van der Waals surface area contributed by atoms with Crippen LogP contribution in [0.2, 0.25) is 0 Å². The number of carbonyl (C=O) groups excluding carboxylic acids is 1. The summed E-state index contributed by atoms with van der Waals surface area (Å²) in [4.78, 5) is 34.1. The summed E-state index contributed by atoms with van der Waals surface area (Å²) in [5.41, 5.74) is 3.53. The number of fused-ring (bicyclic) bond motifs is 1. The van der Waals surface area contributed by atoms with Gasteiger partial charge in [-0.25, -0.2) is 14.4 Å². The van der Waals surface area contributed by atoms with Gasteiger partial charge in [-0.3, -0.25) is 14.2 Å². The van der Waals surface area contributed by atoms with Gasteiger partial charge in [-0.2, -0.15) is 0 Å². The maximum atomic E-state index is 13.1. The van der Waals surface area contributed by atoms with Gasteiger partial charge in [-0.05, 0) is 42.5 Å². The Bertz CT molecular complexity index is 1490. The average molecular weight is 439 g/mol. The Morgan fingerprint density at radius 3 is 2.55 bits per heavy atom. The first kappa shape index (κ1) is 20.3. The maximum Gasteiger partial charge on any atom is 0.254 e. The highest BCUT2D eigenvalue weighted by atomic mass is 19.1. The van der Waals surface area contributed by atoms with Gasteiger partial charge in [-0.15, -0.1) is 0 Å². The summed E-state index contributed by atoms with van der Waals surface area (Å²) in [5.74, 6) is -0.739. The van der Waals surface area contributed by atoms with Crippen LogP contribution in [0.15, 0.2) is 96.3 Å². The molecule has 5 rings (SSSR count). The quantitative estimate of drug-likeness (QED) is 0.449. The molecule has 0 saturated carbocycles. The van der Waals surface area contributed by atoms with E-state index in [2.05, 4.69) is 15.3 Å². The third-order valence-electron chi connectivity index (χ3n) is 5.17. The minimum Gasteiger partial charge on any atom is -0.324 e. The van der Waals surface area contributed by atoms with Crippen molar-refractivity contribution in [3.05, 3.63) is 108 Å². The molecule has 0 saturated heterocycles. The fourth-order valence-electron chi connectivity index (χ4n) is 3.55. The van der Waals surface area contributed by atoms with Crippen LogP contribution in [0.4, 0.5) is 10.1 Å². The van der Waals surface area contributed by atoms with Crippen LogP contribution < -0.4 is 10.9 Å². The van der Waals surface area contributed by atoms with Gasteiger partial charge < -0.3 is 9.72 Å². The van der Waals surface area contributed by atoms with E-state index in [1.165, 1.54) is 29.1 Å². The number of imidazole rings is 1. The summed E-state index contributed by atoms with van der Waals surface area (Å²) in [6, 6.07) is 20.1. The molecule has 162 valence electrons. The van der Waals surface area contributed by atoms with Crippen LogP contribution in [0.3, 0.4) is 0 Å². The second-order valence-corrected chi connectivity index (χ2v) is 7.43. The van der Waals surface area contributed by atoms with E-state index in [0.717, 1.165) is 16.9 Å². The second kappa shape index (κ2) is 8.51. The SMILES string of the molecule is O=C(Cn1cnc(-c2ccc(F)cc2)cc1=O)Nc1ccccc1-c1cn2ccccc2n1. The topological polar surface area (TPSA) is 81.3 Å². The number of halogens is 1. The maximum absolute atomic E-state index is 13.1. The minimum atomic E-state index is -0.381. The van der Waals surface area contributed by atoms with Crippen LogP contribution in [0.5, 0.6) is 0 Å². The second-order valence-electron chi connectivity index (χ2n) is 7.43. The number of nitrogens with one attached hydrogen (secondary N) is 1. The fourth-order valence-corrected chi connectivity index (χ4v) is 3.55. The lowest BCUT2D eigenvalue weighted by molar-refractivity contribution is -0.116. The molecule has 0 fully saturated rings. The number of para-hydroxylation sites is 1. The van der Waals surface area contributed by atoms with Crippen LogP contribution in [-0.2, 0) is 11.3 Å². The molecule has 2 aromatic carbocycles. The number of nitrogens with zero attached hydrogens (tertiary/aromatic N) is 4. The van der Waals surface area contributed by atoms with Crippen molar-refractivity contribution in [1.82, 2.24) is 18.9 Å². The standard InChI is InChI=1S/C25H18FN5O2/c26-18-10-8-17(9-11-18)21-13-25(33)31(16-27-21)15-24(32)29-20-6-2-1-5-19(20)22-14-30-12-4-3-7-23(30)28-22/h1-14,16H,15H2,(H,29,32). The highest BCUT2D eigenvalue weighted by molar-refractivity contribution is 5.95. The summed E-state index contributed by atoms with van der Waals surface area (Å²) in [7, 11) is 0. The summed E-state index contributed by atoms with van der Waals surface area (Å²) < 4.78 is 16.2. The van der Waals surface area contributed by atoms with E-state index in [1.54, 1.807) is 18.2 Å². The molecule has 33 heavy (non-hydrogen) atoms. The van der Waals surface area contributed by atoms with Gasteiger partial charge in [0.25, 0.3) is 5.56 Å². The van der Waals surface area contributed by atoms with Gasteiger partial charge in [0, 0.05) is 29.6 Å². The zero-order chi connectivity index (χ0) is 22.8. The third kappa shape index (κ3) is 4.27. The molecule has 3 heterocycles. The number of hydrogen-bond donors (Lipinski definition) is 1. The molecule has 1 amide bonds. The van der Waals surface area contributed by atoms with E-state index < -0.39 is 0 Å². The highest BCUT2D eigenvalue weighted by Gasteiger charge is 2.13. The van der Waals surface area contributed by atoms with Crippen molar-refractivity contribution in [2.45, 2.75) is 6.54 Å². The molecule has 0 aliphatic rings. The number of hydrogen-bond acceptors (Lipinski definition) is 4. The van der Waals surface area contributed by atoms with E-state index in [1.807, 2.05) is 53.2 Å². The lowest BCUT2D eigenvalue weighted by Gasteiger charge is -2.11. The van der Waals surface area contributed by atoms with Crippen LogP contribution in [0, 0.1) is 5.82 Å². The molecule has 7 nitrogen and oxygen atoms in total. The van der Waals surface area contributed by atoms with E-state index in [-0.39, 0.29) is 23.8 Å². The van der Waals surface area contributed by atoms with Crippen LogP contribution in [0.25, 0.3) is 28.2 Å². The van der Waals surface area contributed by atoms with Gasteiger partial charge >= 0.3 is 0 Å². The Morgan fingerprint density at radius 1 is 0.970 bits per heavy atom. The van der Waals surface area contributed by atoms with E-state index in [0.29, 0.717) is 16.9 Å². The number of aromatic nitrogens is 4. The highest BCUT2D eigenvalue weighted by Crippen LogP contribution is 2.27. The molecule has 3 aromatic heterocycles. The number of pyridine rings is 1. The Kier molecular flexibility index (Phi) is 5.24. The van der Waals surface area contributed by atoms with Crippen LogP contribution in [-0.4, -0.2) is 24.8 Å². The monoisotopic (exact) mass is 439 g/mol. The van der Waals surface area contributed by atoms with Gasteiger partial charge in [-0.1, -0.05) is 24.3 Å². The van der Waals surface area contributed by atoms with Gasteiger partial charge in [0.15, 0.2) is 0 Å². The van der Waals surface area contributed by atoms with E-state index in [9.17, 15) is 14.0 Å². The van der Waals surface area contributed by atoms with Crippen LogP contribution in [0.1, 0.15) is 0 Å². The van der Waals surface area contributed by atoms with Crippen molar-refractivity contribution in [3.63, 3.8) is 0 Å².